The molecule has 0 spiro atoms. The van der Waals surface area contributed by atoms with Gasteiger partial charge in [-0.1, -0.05) is 25.2 Å². The molecule has 2 atom stereocenters. The molecular formula is C19H32O3. The smallest absolute Gasteiger partial charge is 0.123 e. The summed E-state index contributed by atoms with van der Waals surface area (Å²) in [5, 5.41) is 0. The highest BCUT2D eigenvalue weighted by molar-refractivity contribution is 5.50. The summed E-state index contributed by atoms with van der Waals surface area (Å²) < 4.78 is 11.0. The van der Waals surface area contributed by atoms with Gasteiger partial charge >= 0.3 is 0 Å². The highest BCUT2D eigenvalue weighted by Crippen LogP contribution is 2.42. The monoisotopic (exact) mass is 308 g/mol. The van der Waals surface area contributed by atoms with Gasteiger partial charge in [-0.05, 0) is 51.4 Å². The predicted molar refractivity (Wildman–Crippen MR) is 89.7 cm³/mol. The predicted octanol–water partition coefficient (Wildman–Crippen LogP) is 4.00. The SMILES string of the molecule is CCOCCOC(C)(C)C#CC[C@H]1CCC[C@@](C)(CC=O)C1. The molecule has 0 heterocycles. The zero-order valence-corrected chi connectivity index (χ0v) is 14.7. The van der Waals surface area contributed by atoms with Gasteiger partial charge in [0, 0.05) is 19.4 Å². The maximum Gasteiger partial charge on any atom is 0.123 e. The van der Waals surface area contributed by atoms with Crippen molar-refractivity contribution < 1.29 is 14.3 Å². The normalized spacial score (nSPS) is 25.4. The molecule has 1 saturated carbocycles. The van der Waals surface area contributed by atoms with Crippen molar-refractivity contribution in [2.45, 2.75) is 71.8 Å². The Morgan fingerprint density at radius 1 is 1.36 bits per heavy atom. The van der Waals surface area contributed by atoms with E-state index >= 15 is 0 Å². The third kappa shape index (κ3) is 7.42. The Labute approximate surface area is 136 Å². The molecule has 22 heavy (non-hydrogen) atoms. The van der Waals surface area contributed by atoms with Crippen molar-refractivity contribution >= 4 is 6.29 Å². The fourth-order valence-electron chi connectivity index (χ4n) is 3.22. The Kier molecular flexibility index (Phi) is 8.14. The molecule has 1 aliphatic rings. The molecule has 0 aliphatic heterocycles. The summed E-state index contributed by atoms with van der Waals surface area (Å²) in [6, 6.07) is 0. The summed E-state index contributed by atoms with van der Waals surface area (Å²) in [5.41, 5.74) is -0.228. The molecule has 0 N–H and O–H groups in total. The lowest BCUT2D eigenvalue weighted by molar-refractivity contribution is -0.110. The molecule has 0 bridgehead atoms. The number of carbonyl (C=O) groups is 1. The summed E-state index contributed by atoms with van der Waals surface area (Å²) in [4.78, 5) is 10.8. The summed E-state index contributed by atoms with van der Waals surface area (Å²) in [6.07, 6.45) is 7.40. The lowest BCUT2D eigenvalue weighted by Gasteiger charge is -2.36. The fraction of sp³-hybridized carbons (Fsp3) is 0.842. The molecule has 0 aromatic carbocycles. The van der Waals surface area contributed by atoms with Crippen molar-refractivity contribution in [3.8, 4) is 11.8 Å². The summed E-state index contributed by atoms with van der Waals surface area (Å²) >= 11 is 0. The molecule has 0 aromatic rings. The van der Waals surface area contributed by atoms with Crippen LogP contribution in [0.25, 0.3) is 0 Å². The first-order chi connectivity index (χ1) is 10.4. The largest absolute Gasteiger partial charge is 0.379 e. The van der Waals surface area contributed by atoms with Crippen LogP contribution >= 0.6 is 0 Å². The number of ether oxygens (including phenoxy) is 2. The second-order valence-electron chi connectivity index (χ2n) is 7.21. The van der Waals surface area contributed by atoms with E-state index in [2.05, 4.69) is 18.8 Å². The van der Waals surface area contributed by atoms with Crippen LogP contribution in [0.4, 0.5) is 0 Å². The highest BCUT2D eigenvalue weighted by atomic mass is 16.5. The van der Waals surface area contributed by atoms with E-state index in [0.29, 0.717) is 25.6 Å². The van der Waals surface area contributed by atoms with E-state index in [4.69, 9.17) is 9.47 Å². The van der Waals surface area contributed by atoms with E-state index in [-0.39, 0.29) is 5.41 Å². The molecule has 0 aromatic heterocycles. The molecular weight excluding hydrogens is 276 g/mol. The van der Waals surface area contributed by atoms with Gasteiger partial charge in [0.15, 0.2) is 0 Å². The molecule has 0 amide bonds. The van der Waals surface area contributed by atoms with Crippen LogP contribution in [0.3, 0.4) is 0 Å². The van der Waals surface area contributed by atoms with Crippen LogP contribution in [0.15, 0.2) is 0 Å². The lowest BCUT2D eigenvalue weighted by atomic mass is 9.68. The first-order valence-electron chi connectivity index (χ1n) is 8.56. The van der Waals surface area contributed by atoms with Crippen molar-refractivity contribution in [2.75, 3.05) is 19.8 Å². The van der Waals surface area contributed by atoms with Gasteiger partial charge in [0.1, 0.15) is 11.9 Å². The average Bonchev–Trinajstić information content (AvgIpc) is 2.43. The van der Waals surface area contributed by atoms with Crippen LogP contribution in [0.5, 0.6) is 0 Å². The van der Waals surface area contributed by atoms with Crippen LogP contribution in [0.2, 0.25) is 0 Å². The number of hydrogen-bond donors (Lipinski definition) is 0. The van der Waals surface area contributed by atoms with Crippen molar-refractivity contribution in [1.82, 2.24) is 0 Å². The molecule has 0 unspecified atom stereocenters. The minimum absolute atomic E-state index is 0.190. The van der Waals surface area contributed by atoms with E-state index < -0.39 is 5.60 Å². The summed E-state index contributed by atoms with van der Waals surface area (Å²) in [6.45, 7) is 10.1. The number of carbonyl (C=O) groups excluding carboxylic acids is 1. The second kappa shape index (κ2) is 9.33. The van der Waals surface area contributed by atoms with Crippen LogP contribution in [-0.4, -0.2) is 31.7 Å². The van der Waals surface area contributed by atoms with Crippen LogP contribution < -0.4 is 0 Å². The molecule has 0 radical (unpaired) electrons. The number of hydrogen-bond acceptors (Lipinski definition) is 3. The zero-order valence-electron chi connectivity index (χ0n) is 14.7. The van der Waals surface area contributed by atoms with Crippen molar-refractivity contribution in [3.63, 3.8) is 0 Å². The lowest BCUT2D eigenvalue weighted by Crippen LogP contribution is -2.26. The quantitative estimate of drug-likeness (QED) is 0.386. The Morgan fingerprint density at radius 2 is 2.14 bits per heavy atom. The maximum absolute atomic E-state index is 10.8. The summed E-state index contributed by atoms with van der Waals surface area (Å²) in [5.74, 6) is 7.17. The second-order valence-corrected chi connectivity index (χ2v) is 7.21. The van der Waals surface area contributed by atoms with Gasteiger partial charge in [0.2, 0.25) is 0 Å². The first-order valence-corrected chi connectivity index (χ1v) is 8.56. The maximum atomic E-state index is 10.8. The molecule has 1 fully saturated rings. The third-order valence-electron chi connectivity index (χ3n) is 4.43. The Hall–Kier alpha value is -0.850. The van der Waals surface area contributed by atoms with Crippen LogP contribution in [-0.2, 0) is 14.3 Å². The van der Waals surface area contributed by atoms with E-state index in [9.17, 15) is 4.79 Å². The van der Waals surface area contributed by atoms with E-state index in [1.807, 2.05) is 20.8 Å². The molecule has 0 saturated heterocycles. The van der Waals surface area contributed by atoms with Crippen LogP contribution in [0.1, 0.15) is 66.2 Å². The Morgan fingerprint density at radius 3 is 2.82 bits per heavy atom. The highest BCUT2D eigenvalue weighted by Gasteiger charge is 2.31. The van der Waals surface area contributed by atoms with Gasteiger partial charge in [0.05, 0.1) is 13.2 Å². The molecule has 126 valence electrons. The van der Waals surface area contributed by atoms with E-state index in [1.54, 1.807) is 0 Å². The van der Waals surface area contributed by atoms with Crippen molar-refractivity contribution in [2.24, 2.45) is 11.3 Å². The van der Waals surface area contributed by atoms with Gasteiger partial charge in [-0.3, -0.25) is 0 Å². The van der Waals surface area contributed by atoms with E-state index in [1.165, 1.54) is 19.3 Å². The van der Waals surface area contributed by atoms with Crippen molar-refractivity contribution in [3.05, 3.63) is 0 Å². The molecule has 1 rings (SSSR count). The standard InChI is InChI=1S/C19H32O3/c1-5-21-14-15-22-18(2,3)10-6-8-17-9-7-11-19(4,16-17)12-13-20/h13,17H,5,7-9,11-12,14-16H2,1-4H3/t17-,19-/m0/s1. The Balaban J connectivity index is 2.39. The molecule has 3 nitrogen and oxygen atoms in total. The van der Waals surface area contributed by atoms with Gasteiger partial charge in [-0.2, -0.15) is 0 Å². The fourth-order valence-corrected chi connectivity index (χ4v) is 3.22. The number of rotatable bonds is 8. The molecule has 3 heteroatoms. The average molecular weight is 308 g/mol. The Bertz CT molecular complexity index is 391. The van der Waals surface area contributed by atoms with Gasteiger partial charge in [0.25, 0.3) is 0 Å². The third-order valence-corrected chi connectivity index (χ3v) is 4.43. The van der Waals surface area contributed by atoms with Gasteiger partial charge < -0.3 is 14.3 Å². The number of aldehydes is 1. The minimum Gasteiger partial charge on any atom is -0.379 e. The topological polar surface area (TPSA) is 35.5 Å². The molecule has 1 aliphatic carbocycles. The van der Waals surface area contributed by atoms with Gasteiger partial charge in [-0.15, -0.1) is 0 Å². The minimum atomic E-state index is -0.419. The van der Waals surface area contributed by atoms with Gasteiger partial charge in [-0.25, -0.2) is 0 Å². The van der Waals surface area contributed by atoms with E-state index in [0.717, 1.165) is 25.7 Å². The summed E-state index contributed by atoms with van der Waals surface area (Å²) in [7, 11) is 0. The van der Waals surface area contributed by atoms with Crippen LogP contribution in [0, 0.1) is 23.2 Å². The zero-order chi connectivity index (χ0) is 16.5. The first kappa shape index (κ1) is 19.2. The van der Waals surface area contributed by atoms with Crippen molar-refractivity contribution in [1.29, 1.82) is 0 Å².